The van der Waals surface area contributed by atoms with Crippen LogP contribution >= 0.6 is 22.9 Å². The molecule has 3 rings (SSSR count). The van der Waals surface area contributed by atoms with Gasteiger partial charge < -0.3 is 9.47 Å². The topological polar surface area (TPSA) is 76.7 Å². The molecule has 6 nitrogen and oxygen atoms in total. The lowest BCUT2D eigenvalue weighted by atomic mass is 10.2. The molecule has 1 aliphatic rings. The summed E-state index contributed by atoms with van der Waals surface area (Å²) in [7, 11) is 0. The van der Waals surface area contributed by atoms with E-state index in [1.54, 1.807) is 0 Å². The Morgan fingerprint density at radius 2 is 1.88 bits per heavy atom. The number of hydrogen-bond donors (Lipinski definition) is 2. The summed E-state index contributed by atoms with van der Waals surface area (Å²) >= 11 is 7.53. The van der Waals surface area contributed by atoms with Crippen LogP contribution in [0.4, 0.5) is 0 Å². The molecule has 25 heavy (non-hydrogen) atoms. The van der Waals surface area contributed by atoms with Crippen molar-refractivity contribution < 1.29 is 19.1 Å². The predicted molar refractivity (Wildman–Crippen MR) is 95.8 cm³/mol. The van der Waals surface area contributed by atoms with Gasteiger partial charge in [0.1, 0.15) is 13.2 Å². The highest BCUT2D eigenvalue weighted by atomic mass is 35.5. The Bertz CT molecular complexity index is 834. The summed E-state index contributed by atoms with van der Waals surface area (Å²) in [5.41, 5.74) is 6.15. The number of thiophene rings is 1. The lowest BCUT2D eigenvalue weighted by Gasteiger charge is -2.20. The summed E-state index contributed by atoms with van der Waals surface area (Å²) in [6, 6.07) is 4.82. The Morgan fingerprint density at radius 3 is 2.60 bits per heavy atom. The first kappa shape index (κ1) is 17.6. The quantitative estimate of drug-likeness (QED) is 0.802. The van der Waals surface area contributed by atoms with Crippen molar-refractivity contribution in [3.63, 3.8) is 0 Å². The van der Waals surface area contributed by atoms with Gasteiger partial charge in [-0.3, -0.25) is 20.4 Å². The normalized spacial score (nSPS) is 12.6. The molecule has 0 saturated carbocycles. The molecular formula is C17H17ClN2O4S. The molecule has 2 N–H and O–H groups in total. The van der Waals surface area contributed by atoms with E-state index in [1.165, 1.54) is 23.5 Å². The first-order valence-corrected chi connectivity index (χ1v) is 8.98. The number of benzene rings is 1. The van der Waals surface area contributed by atoms with E-state index in [0.29, 0.717) is 29.6 Å². The number of amides is 2. The molecule has 2 amide bonds. The summed E-state index contributed by atoms with van der Waals surface area (Å²) in [6.07, 6.45) is 0.867. The monoisotopic (exact) mass is 380 g/mol. The number of ether oxygens (including phenoxy) is 2. The first-order valence-electron chi connectivity index (χ1n) is 7.78. The highest BCUT2D eigenvalue weighted by Crippen LogP contribution is 2.38. The maximum Gasteiger partial charge on any atom is 0.279 e. The van der Waals surface area contributed by atoms with E-state index in [0.717, 1.165) is 16.9 Å². The van der Waals surface area contributed by atoms with E-state index in [2.05, 4.69) is 10.9 Å². The Hall–Kier alpha value is -2.25. The molecule has 0 bridgehead atoms. The molecule has 2 heterocycles. The Morgan fingerprint density at radius 1 is 1.16 bits per heavy atom. The molecule has 0 spiro atoms. The fraction of sp³-hybridized carbons (Fsp3) is 0.294. The first-order chi connectivity index (χ1) is 12.0. The van der Waals surface area contributed by atoms with Gasteiger partial charge >= 0.3 is 0 Å². The summed E-state index contributed by atoms with van der Waals surface area (Å²) in [4.78, 5) is 26.1. The van der Waals surface area contributed by atoms with Crippen LogP contribution in [0, 0.1) is 6.92 Å². The fourth-order valence-electron chi connectivity index (χ4n) is 2.47. The van der Waals surface area contributed by atoms with Crippen molar-refractivity contribution in [2.45, 2.75) is 20.3 Å². The third-order valence-corrected chi connectivity index (χ3v) is 5.38. The molecule has 0 fully saturated rings. The van der Waals surface area contributed by atoms with Gasteiger partial charge in [0.15, 0.2) is 11.5 Å². The van der Waals surface area contributed by atoms with Crippen LogP contribution in [0.15, 0.2) is 18.2 Å². The zero-order valence-corrected chi connectivity index (χ0v) is 15.3. The number of rotatable bonds is 3. The van der Waals surface area contributed by atoms with Crippen molar-refractivity contribution in [1.29, 1.82) is 0 Å². The smallest absolute Gasteiger partial charge is 0.279 e. The molecule has 1 aromatic carbocycles. The summed E-state index contributed by atoms with van der Waals surface area (Å²) < 4.78 is 10.9. The van der Waals surface area contributed by atoms with Crippen molar-refractivity contribution in [3.05, 3.63) is 44.1 Å². The maximum atomic E-state index is 12.3. The van der Waals surface area contributed by atoms with Crippen LogP contribution in [0.25, 0.3) is 0 Å². The average Bonchev–Trinajstić information content (AvgIpc) is 3.00. The average molecular weight is 381 g/mol. The molecule has 0 atom stereocenters. The minimum atomic E-state index is -0.490. The van der Waals surface area contributed by atoms with Crippen molar-refractivity contribution in [2.75, 3.05) is 13.2 Å². The Kier molecular flexibility index (Phi) is 5.15. The summed E-state index contributed by atoms with van der Waals surface area (Å²) in [6.45, 7) is 4.80. The van der Waals surface area contributed by atoms with E-state index in [-0.39, 0.29) is 16.5 Å². The molecule has 132 valence electrons. The summed E-state index contributed by atoms with van der Waals surface area (Å²) in [5, 5.41) is 0.287. The summed E-state index contributed by atoms with van der Waals surface area (Å²) in [5.74, 6) is -0.00707. The van der Waals surface area contributed by atoms with E-state index in [9.17, 15) is 9.59 Å². The number of carbonyl (C=O) groups is 2. The van der Waals surface area contributed by atoms with Gasteiger partial charge in [-0.05, 0) is 37.1 Å². The molecule has 1 aliphatic heterocycles. The third-order valence-electron chi connectivity index (χ3n) is 3.71. The van der Waals surface area contributed by atoms with Crippen LogP contribution in [0.3, 0.4) is 0 Å². The lowest BCUT2D eigenvalue weighted by Crippen LogP contribution is -2.41. The zero-order valence-electron chi connectivity index (χ0n) is 13.8. The highest BCUT2D eigenvalue weighted by Gasteiger charge is 2.20. The minimum Gasteiger partial charge on any atom is -0.486 e. The molecular weight excluding hydrogens is 364 g/mol. The van der Waals surface area contributed by atoms with Crippen LogP contribution in [0.5, 0.6) is 11.5 Å². The number of hydrogen-bond acceptors (Lipinski definition) is 5. The van der Waals surface area contributed by atoms with Gasteiger partial charge in [-0.1, -0.05) is 18.5 Å². The van der Waals surface area contributed by atoms with Gasteiger partial charge in [0.2, 0.25) is 0 Å². The molecule has 2 aromatic rings. The van der Waals surface area contributed by atoms with Crippen molar-refractivity contribution >= 4 is 34.8 Å². The van der Waals surface area contributed by atoms with Crippen LogP contribution in [0.1, 0.15) is 37.4 Å². The van der Waals surface area contributed by atoms with Crippen molar-refractivity contribution in [1.82, 2.24) is 10.9 Å². The van der Waals surface area contributed by atoms with Crippen molar-refractivity contribution in [2.24, 2.45) is 0 Å². The van der Waals surface area contributed by atoms with Crippen LogP contribution in [-0.2, 0) is 6.42 Å². The van der Waals surface area contributed by atoms with Gasteiger partial charge in [0.05, 0.1) is 9.90 Å². The largest absolute Gasteiger partial charge is 0.486 e. The number of hydrazine groups is 1. The number of aryl methyl sites for hydroxylation is 2. The second-order valence-corrected chi connectivity index (χ2v) is 7.00. The number of halogens is 1. The number of fused-ring (bicyclic) bond motifs is 1. The SMILES string of the molecule is CCc1sc(C(=O)NNC(=O)c2cc(Cl)c3c(c2)OCCO3)cc1C. The van der Waals surface area contributed by atoms with E-state index in [1.807, 2.05) is 19.9 Å². The fourth-order valence-corrected chi connectivity index (χ4v) is 3.75. The van der Waals surface area contributed by atoms with Crippen LogP contribution < -0.4 is 20.3 Å². The predicted octanol–water partition coefficient (Wildman–Crippen LogP) is 3.12. The second kappa shape index (κ2) is 7.33. The second-order valence-electron chi connectivity index (χ2n) is 5.46. The van der Waals surface area contributed by atoms with E-state index >= 15 is 0 Å². The van der Waals surface area contributed by atoms with Gasteiger partial charge in [0.25, 0.3) is 11.8 Å². The van der Waals surface area contributed by atoms with Crippen molar-refractivity contribution in [3.8, 4) is 11.5 Å². The van der Waals surface area contributed by atoms with E-state index < -0.39 is 5.91 Å². The molecule has 1 aromatic heterocycles. The highest BCUT2D eigenvalue weighted by molar-refractivity contribution is 7.14. The van der Waals surface area contributed by atoms with E-state index in [4.69, 9.17) is 21.1 Å². The molecule has 0 saturated heterocycles. The number of carbonyl (C=O) groups excluding carboxylic acids is 2. The molecule has 0 aliphatic carbocycles. The van der Waals surface area contributed by atoms with Gasteiger partial charge in [-0.15, -0.1) is 11.3 Å². The van der Waals surface area contributed by atoms with Crippen LogP contribution in [-0.4, -0.2) is 25.0 Å². The zero-order chi connectivity index (χ0) is 18.0. The maximum absolute atomic E-state index is 12.3. The minimum absolute atomic E-state index is 0.270. The Balaban J connectivity index is 1.68. The number of nitrogens with one attached hydrogen (secondary N) is 2. The van der Waals surface area contributed by atoms with Gasteiger partial charge in [-0.2, -0.15) is 0 Å². The molecule has 8 heteroatoms. The molecule has 0 unspecified atom stereocenters. The lowest BCUT2D eigenvalue weighted by molar-refractivity contribution is 0.0848. The standard InChI is InChI=1S/C17H17ClN2O4S/c1-3-13-9(2)6-14(25-13)17(22)20-19-16(21)10-7-11(18)15-12(8-10)23-4-5-24-15/h6-8H,3-5H2,1-2H3,(H,19,21)(H,20,22). The van der Waals surface area contributed by atoms with Gasteiger partial charge in [-0.25, -0.2) is 0 Å². The third kappa shape index (κ3) is 3.72. The van der Waals surface area contributed by atoms with Gasteiger partial charge in [0, 0.05) is 10.4 Å². The van der Waals surface area contributed by atoms with Crippen LogP contribution in [0.2, 0.25) is 5.02 Å². The Labute approximate surface area is 154 Å². The molecule has 0 radical (unpaired) electrons.